The highest BCUT2D eigenvalue weighted by atomic mass is 32.2. The van der Waals surface area contributed by atoms with Gasteiger partial charge in [-0.3, -0.25) is 0 Å². The standard InChI is InChI=1S/C20H28N2S2/c1-3-4-5-19-15-23-20(24-19,10-12-22-13-11-21-16-22)14-18-8-6-17(2)7-9-18/h6-9,11,13,16,19H,3-5,10,12,14-15H2,1-2H3. The van der Waals surface area contributed by atoms with Crippen molar-refractivity contribution in [3.8, 4) is 0 Å². The van der Waals surface area contributed by atoms with E-state index in [1.165, 1.54) is 49.0 Å². The highest BCUT2D eigenvalue weighted by Crippen LogP contribution is 2.53. The van der Waals surface area contributed by atoms with Crippen molar-refractivity contribution in [1.29, 1.82) is 0 Å². The summed E-state index contributed by atoms with van der Waals surface area (Å²) < 4.78 is 2.54. The van der Waals surface area contributed by atoms with Crippen LogP contribution < -0.4 is 0 Å². The van der Waals surface area contributed by atoms with E-state index in [4.69, 9.17) is 0 Å². The van der Waals surface area contributed by atoms with E-state index in [9.17, 15) is 0 Å². The molecule has 1 fully saturated rings. The molecule has 0 amide bonds. The van der Waals surface area contributed by atoms with E-state index in [-0.39, 0.29) is 0 Å². The minimum Gasteiger partial charge on any atom is -0.337 e. The zero-order chi connectivity index (χ0) is 16.8. The first kappa shape index (κ1) is 17.9. The van der Waals surface area contributed by atoms with Gasteiger partial charge in [-0.1, -0.05) is 49.6 Å². The van der Waals surface area contributed by atoms with Crippen LogP contribution in [0.5, 0.6) is 0 Å². The Morgan fingerprint density at radius 2 is 2.12 bits per heavy atom. The Hall–Kier alpha value is -0.870. The second-order valence-electron chi connectivity index (χ2n) is 6.82. The molecule has 2 atom stereocenters. The molecule has 0 saturated carbocycles. The van der Waals surface area contributed by atoms with E-state index < -0.39 is 0 Å². The van der Waals surface area contributed by atoms with Gasteiger partial charge in [-0.05, 0) is 31.7 Å². The molecular weight excluding hydrogens is 332 g/mol. The lowest BCUT2D eigenvalue weighted by Crippen LogP contribution is -2.23. The van der Waals surface area contributed by atoms with Crippen molar-refractivity contribution < 1.29 is 0 Å². The Bertz CT molecular complexity index is 609. The Kier molecular flexibility index (Phi) is 6.34. The summed E-state index contributed by atoms with van der Waals surface area (Å²) in [4.78, 5) is 4.19. The van der Waals surface area contributed by atoms with Gasteiger partial charge in [0.25, 0.3) is 0 Å². The average Bonchev–Trinajstić information content (AvgIpc) is 3.24. The first-order chi connectivity index (χ1) is 11.7. The van der Waals surface area contributed by atoms with Crippen LogP contribution in [0.1, 0.15) is 43.7 Å². The number of unbranched alkanes of at least 4 members (excludes halogenated alkanes) is 1. The normalized spacial score (nSPS) is 23.7. The van der Waals surface area contributed by atoms with Crippen LogP contribution in [0.15, 0.2) is 43.0 Å². The number of imidazole rings is 1. The minimum atomic E-state index is 0.317. The van der Waals surface area contributed by atoms with Crippen LogP contribution >= 0.6 is 23.5 Å². The maximum Gasteiger partial charge on any atom is 0.0945 e. The molecule has 0 spiro atoms. The fourth-order valence-corrected chi connectivity index (χ4v) is 7.11. The van der Waals surface area contributed by atoms with Gasteiger partial charge >= 0.3 is 0 Å². The Balaban J connectivity index is 1.69. The summed E-state index contributed by atoms with van der Waals surface area (Å²) in [5.74, 6) is 1.31. The molecule has 3 rings (SSSR count). The van der Waals surface area contributed by atoms with E-state index >= 15 is 0 Å². The second kappa shape index (κ2) is 8.48. The van der Waals surface area contributed by atoms with Crippen molar-refractivity contribution in [3.63, 3.8) is 0 Å². The van der Waals surface area contributed by atoms with Gasteiger partial charge in [0.05, 0.1) is 10.4 Å². The fourth-order valence-electron chi connectivity index (χ4n) is 3.24. The molecule has 2 aromatic rings. The molecule has 130 valence electrons. The van der Waals surface area contributed by atoms with Crippen LogP contribution in [0.3, 0.4) is 0 Å². The molecule has 1 saturated heterocycles. The predicted octanol–water partition coefficient (Wildman–Crippen LogP) is 5.56. The van der Waals surface area contributed by atoms with E-state index in [2.05, 4.69) is 77.4 Å². The molecule has 0 aliphatic carbocycles. The van der Waals surface area contributed by atoms with Crippen LogP contribution in [0.25, 0.3) is 0 Å². The van der Waals surface area contributed by atoms with Crippen molar-refractivity contribution in [1.82, 2.24) is 9.55 Å². The summed E-state index contributed by atoms with van der Waals surface area (Å²) in [5, 5.41) is 0.822. The van der Waals surface area contributed by atoms with E-state index in [1.807, 2.05) is 12.5 Å². The van der Waals surface area contributed by atoms with Crippen molar-refractivity contribution in [2.45, 2.75) is 61.8 Å². The number of aryl methyl sites for hydroxylation is 2. The van der Waals surface area contributed by atoms with Crippen molar-refractivity contribution in [2.24, 2.45) is 0 Å². The fraction of sp³-hybridized carbons (Fsp3) is 0.550. The van der Waals surface area contributed by atoms with Crippen LogP contribution in [0, 0.1) is 6.92 Å². The quantitative estimate of drug-likeness (QED) is 0.614. The summed E-state index contributed by atoms with van der Waals surface area (Å²) in [6.07, 6.45) is 12.3. The molecule has 2 unspecified atom stereocenters. The van der Waals surface area contributed by atoms with Crippen LogP contribution in [-0.2, 0) is 13.0 Å². The monoisotopic (exact) mass is 360 g/mol. The molecule has 0 N–H and O–H groups in total. The molecule has 1 aromatic carbocycles. The molecule has 1 aliphatic rings. The topological polar surface area (TPSA) is 17.8 Å². The highest BCUT2D eigenvalue weighted by molar-refractivity contribution is 8.21. The SMILES string of the molecule is CCCCC1CSC(CCn2ccnc2)(Cc2ccc(C)cc2)S1. The minimum absolute atomic E-state index is 0.317. The zero-order valence-electron chi connectivity index (χ0n) is 14.8. The van der Waals surface area contributed by atoms with Gasteiger partial charge in [-0.2, -0.15) is 0 Å². The number of hydrogen-bond donors (Lipinski definition) is 0. The molecule has 2 nitrogen and oxygen atoms in total. The molecule has 1 aromatic heterocycles. The molecule has 4 heteroatoms. The molecular formula is C20H28N2S2. The number of hydrogen-bond acceptors (Lipinski definition) is 3. The Morgan fingerprint density at radius 1 is 1.29 bits per heavy atom. The van der Waals surface area contributed by atoms with E-state index in [0.29, 0.717) is 4.08 Å². The van der Waals surface area contributed by atoms with Crippen LogP contribution in [0.4, 0.5) is 0 Å². The smallest absolute Gasteiger partial charge is 0.0945 e. The zero-order valence-corrected chi connectivity index (χ0v) is 16.4. The second-order valence-corrected chi connectivity index (χ2v) is 10.2. The molecule has 0 bridgehead atoms. The third kappa shape index (κ3) is 4.82. The van der Waals surface area contributed by atoms with Gasteiger partial charge in [0.15, 0.2) is 0 Å². The van der Waals surface area contributed by atoms with E-state index in [1.54, 1.807) is 0 Å². The molecule has 1 aliphatic heterocycles. The number of aromatic nitrogens is 2. The lowest BCUT2D eigenvalue weighted by atomic mass is 10.1. The maximum absolute atomic E-state index is 4.19. The van der Waals surface area contributed by atoms with Crippen molar-refractivity contribution in [3.05, 3.63) is 54.1 Å². The van der Waals surface area contributed by atoms with Crippen LogP contribution in [0.2, 0.25) is 0 Å². The number of benzene rings is 1. The summed E-state index contributed by atoms with van der Waals surface area (Å²) in [6.45, 7) is 5.52. The molecule has 2 heterocycles. The van der Waals surface area contributed by atoms with Gasteiger partial charge in [-0.25, -0.2) is 4.98 Å². The largest absolute Gasteiger partial charge is 0.337 e. The van der Waals surface area contributed by atoms with Gasteiger partial charge in [0.1, 0.15) is 0 Å². The van der Waals surface area contributed by atoms with Gasteiger partial charge in [0.2, 0.25) is 0 Å². The third-order valence-corrected chi connectivity index (χ3v) is 8.51. The van der Waals surface area contributed by atoms with Gasteiger partial charge in [0, 0.05) is 29.9 Å². The lowest BCUT2D eigenvalue weighted by molar-refractivity contribution is 0.596. The number of rotatable bonds is 8. The molecule has 24 heavy (non-hydrogen) atoms. The first-order valence-electron chi connectivity index (χ1n) is 9.02. The maximum atomic E-state index is 4.19. The number of thioether (sulfide) groups is 2. The summed E-state index contributed by atoms with van der Waals surface area (Å²) >= 11 is 4.45. The highest BCUT2D eigenvalue weighted by Gasteiger charge is 2.40. The Labute approximate surface area is 154 Å². The van der Waals surface area contributed by atoms with Crippen molar-refractivity contribution in [2.75, 3.05) is 5.75 Å². The van der Waals surface area contributed by atoms with Gasteiger partial charge < -0.3 is 4.57 Å². The summed E-state index contributed by atoms with van der Waals surface area (Å²) in [7, 11) is 0. The van der Waals surface area contributed by atoms with E-state index in [0.717, 1.165) is 11.8 Å². The third-order valence-electron chi connectivity index (χ3n) is 4.70. The van der Waals surface area contributed by atoms with Gasteiger partial charge in [-0.15, -0.1) is 23.5 Å². The summed E-state index contributed by atoms with van der Waals surface area (Å²) in [6, 6.07) is 9.12. The lowest BCUT2D eigenvalue weighted by Gasteiger charge is -2.28. The molecule has 0 radical (unpaired) electrons. The van der Waals surface area contributed by atoms with Crippen LogP contribution in [-0.4, -0.2) is 24.6 Å². The average molecular weight is 361 g/mol. The predicted molar refractivity (Wildman–Crippen MR) is 108 cm³/mol. The Morgan fingerprint density at radius 3 is 2.83 bits per heavy atom. The number of nitrogens with zero attached hydrogens (tertiary/aromatic N) is 2. The summed E-state index contributed by atoms with van der Waals surface area (Å²) in [5.41, 5.74) is 2.82. The first-order valence-corrected chi connectivity index (χ1v) is 10.9. The van der Waals surface area contributed by atoms with Crippen molar-refractivity contribution >= 4 is 23.5 Å².